The van der Waals surface area contributed by atoms with Crippen LogP contribution in [0.25, 0.3) is 0 Å². The summed E-state index contributed by atoms with van der Waals surface area (Å²) in [5, 5.41) is 29.6. The quantitative estimate of drug-likeness (QED) is 0.583. The maximum absolute atomic E-state index is 11.7. The Morgan fingerprint density at radius 2 is 2.04 bits per heavy atom. The number of aliphatic hydroxyl groups excluding tert-OH is 1. The third-order valence-corrected chi connectivity index (χ3v) is 6.28. The molecule has 124 valence electrons. The number of aliphatic hydroxyl groups is 1. The fourth-order valence-electron chi connectivity index (χ4n) is 3.77. The number of hydrogen-bond donors (Lipinski definition) is 4. The Hall–Kier alpha value is -1.28. The molecule has 5 N–H and O–H groups in total. The molecule has 6 atom stereocenters. The maximum atomic E-state index is 11.7. The number of thioether (sulfide) groups is 1. The highest BCUT2D eigenvalue weighted by molar-refractivity contribution is 7.99. The van der Waals surface area contributed by atoms with Crippen molar-refractivity contribution in [3.05, 3.63) is 29.3 Å². The Morgan fingerprint density at radius 1 is 1.35 bits per heavy atom. The van der Waals surface area contributed by atoms with Crippen LogP contribution in [0.3, 0.4) is 0 Å². The normalized spacial score (nSPS) is 38.1. The highest BCUT2D eigenvalue weighted by Gasteiger charge is 2.77. The Labute approximate surface area is 141 Å². The number of halogens is 1. The molecule has 1 aromatic rings. The summed E-state index contributed by atoms with van der Waals surface area (Å²) in [5.74, 6) is -4.98. The van der Waals surface area contributed by atoms with E-state index < -0.39 is 47.3 Å². The Balaban J connectivity index is 1.79. The van der Waals surface area contributed by atoms with Crippen molar-refractivity contribution in [3.8, 4) is 0 Å². The maximum Gasteiger partial charge on any atom is 0.324 e. The molecule has 0 radical (unpaired) electrons. The van der Waals surface area contributed by atoms with Gasteiger partial charge in [-0.1, -0.05) is 17.7 Å². The summed E-state index contributed by atoms with van der Waals surface area (Å²) in [7, 11) is 0. The number of rotatable bonds is 5. The third kappa shape index (κ3) is 2.52. The van der Waals surface area contributed by atoms with Crippen molar-refractivity contribution >= 4 is 35.3 Å². The van der Waals surface area contributed by atoms with Crippen molar-refractivity contribution in [2.75, 3.05) is 5.75 Å². The van der Waals surface area contributed by atoms with Gasteiger partial charge in [0.1, 0.15) is 5.54 Å². The van der Waals surface area contributed by atoms with Crippen molar-refractivity contribution in [1.82, 2.24) is 0 Å². The molecule has 6 nitrogen and oxygen atoms in total. The minimum Gasteiger partial charge on any atom is -0.481 e. The first-order valence-electron chi connectivity index (χ1n) is 7.10. The van der Waals surface area contributed by atoms with Gasteiger partial charge in [-0.3, -0.25) is 9.59 Å². The first-order chi connectivity index (χ1) is 10.8. The Bertz CT molecular complexity index is 671. The number of carboxylic acids is 2. The van der Waals surface area contributed by atoms with Crippen LogP contribution in [0.2, 0.25) is 5.02 Å². The molecule has 1 aromatic carbocycles. The molecule has 2 fully saturated rings. The van der Waals surface area contributed by atoms with E-state index in [-0.39, 0.29) is 5.75 Å². The van der Waals surface area contributed by atoms with E-state index in [0.29, 0.717) is 5.02 Å². The lowest BCUT2D eigenvalue weighted by Crippen LogP contribution is -2.58. The summed E-state index contributed by atoms with van der Waals surface area (Å²) in [4.78, 5) is 23.7. The fourth-order valence-corrected chi connectivity index (χ4v) is 5.26. The van der Waals surface area contributed by atoms with Crippen molar-refractivity contribution in [2.24, 2.45) is 29.4 Å². The van der Waals surface area contributed by atoms with Gasteiger partial charge >= 0.3 is 11.9 Å². The van der Waals surface area contributed by atoms with E-state index in [0.717, 1.165) is 4.90 Å². The molecule has 2 saturated carbocycles. The van der Waals surface area contributed by atoms with Crippen LogP contribution in [-0.4, -0.2) is 44.7 Å². The molecule has 0 heterocycles. The van der Waals surface area contributed by atoms with Gasteiger partial charge in [0, 0.05) is 33.4 Å². The summed E-state index contributed by atoms with van der Waals surface area (Å²) in [6, 6.07) is 7.08. The van der Waals surface area contributed by atoms with E-state index >= 15 is 0 Å². The number of nitrogens with two attached hydrogens (primary N) is 1. The van der Waals surface area contributed by atoms with E-state index in [9.17, 15) is 19.8 Å². The van der Waals surface area contributed by atoms with Gasteiger partial charge in [0.15, 0.2) is 0 Å². The van der Waals surface area contributed by atoms with Crippen LogP contribution >= 0.6 is 23.4 Å². The van der Waals surface area contributed by atoms with E-state index in [1.807, 2.05) is 6.07 Å². The highest BCUT2D eigenvalue weighted by atomic mass is 35.5. The second-order valence-electron chi connectivity index (χ2n) is 6.07. The molecule has 0 spiro atoms. The van der Waals surface area contributed by atoms with Gasteiger partial charge in [-0.15, -0.1) is 11.8 Å². The molecular formula is C15H16ClNO5S. The average molecular weight is 358 g/mol. The number of fused-ring (bicyclic) bond motifs is 1. The zero-order chi connectivity index (χ0) is 16.9. The summed E-state index contributed by atoms with van der Waals surface area (Å²) in [6.07, 6.45) is -1.03. The number of aliphatic carboxylic acids is 2. The van der Waals surface area contributed by atoms with Crippen molar-refractivity contribution in [1.29, 1.82) is 0 Å². The first-order valence-corrected chi connectivity index (χ1v) is 8.46. The summed E-state index contributed by atoms with van der Waals surface area (Å²) in [5.41, 5.74) is 4.36. The lowest BCUT2D eigenvalue weighted by molar-refractivity contribution is -0.148. The molecule has 0 aliphatic heterocycles. The number of carbonyl (C=O) groups is 2. The molecule has 6 unspecified atom stereocenters. The van der Waals surface area contributed by atoms with E-state index in [1.165, 1.54) is 11.8 Å². The van der Waals surface area contributed by atoms with Gasteiger partial charge in [0.2, 0.25) is 0 Å². The zero-order valence-corrected chi connectivity index (χ0v) is 13.5. The molecule has 2 aliphatic rings. The lowest BCUT2D eigenvalue weighted by atomic mass is 9.81. The lowest BCUT2D eigenvalue weighted by Gasteiger charge is -2.32. The van der Waals surface area contributed by atoms with Gasteiger partial charge in [0.25, 0.3) is 0 Å². The van der Waals surface area contributed by atoms with Crippen LogP contribution in [0.4, 0.5) is 0 Å². The van der Waals surface area contributed by atoms with Crippen LogP contribution in [0.5, 0.6) is 0 Å². The molecule has 0 aromatic heterocycles. The summed E-state index contributed by atoms with van der Waals surface area (Å²) in [6.45, 7) is 0. The Morgan fingerprint density at radius 3 is 2.61 bits per heavy atom. The first kappa shape index (κ1) is 16.6. The molecule has 8 heteroatoms. The van der Waals surface area contributed by atoms with Crippen molar-refractivity contribution in [3.63, 3.8) is 0 Å². The second kappa shape index (κ2) is 5.66. The van der Waals surface area contributed by atoms with Crippen molar-refractivity contribution < 1.29 is 24.9 Å². The largest absolute Gasteiger partial charge is 0.481 e. The van der Waals surface area contributed by atoms with Crippen LogP contribution in [-0.2, 0) is 9.59 Å². The summed E-state index contributed by atoms with van der Waals surface area (Å²) >= 11 is 7.27. The molecule has 3 rings (SSSR count). The number of benzene rings is 1. The van der Waals surface area contributed by atoms with Gasteiger partial charge in [-0.2, -0.15) is 0 Å². The van der Waals surface area contributed by atoms with Crippen LogP contribution in [0.1, 0.15) is 0 Å². The van der Waals surface area contributed by atoms with Gasteiger partial charge in [-0.25, -0.2) is 0 Å². The van der Waals surface area contributed by atoms with E-state index in [1.54, 1.807) is 18.2 Å². The Kier molecular flexibility index (Phi) is 4.08. The zero-order valence-electron chi connectivity index (χ0n) is 11.9. The minimum absolute atomic E-state index is 0.281. The molecular weight excluding hydrogens is 342 g/mol. The SMILES string of the molecule is NC1(C(=O)O)C(CSc2cccc(Cl)c2)C(O)C2C(C(=O)O)C21. The van der Waals surface area contributed by atoms with Crippen molar-refractivity contribution in [2.45, 2.75) is 16.5 Å². The van der Waals surface area contributed by atoms with Crippen LogP contribution in [0, 0.1) is 23.7 Å². The monoisotopic (exact) mass is 357 g/mol. The molecule has 0 bridgehead atoms. The predicted molar refractivity (Wildman–Crippen MR) is 84.3 cm³/mol. The smallest absolute Gasteiger partial charge is 0.324 e. The van der Waals surface area contributed by atoms with Gasteiger partial charge < -0.3 is 21.1 Å². The fraction of sp³-hybridized carbons (Fsp3) is 0.467. The van der Waals surface area contributed by atoms with Crippen LogP contribution < -0.4 is 5.73 Å². The molecule has 2 aliphatic carbocycles. The van der Waals surface area contributed by atoms with Gasteiger partial charge in [0.05, 0.1) is 12.0 Å². The highest BCUT2D eigenvalue weighted by Crippen LogP contribution is 2.64. The molecule has 23 heavy (non-hydrogen) atoms. The summed E-state index contributed by atoms with van der Waals surface area (Å²) < 4.78 is 0. The number of carboxylic acid groups (broad SMARTS) is 2. The standard InChI is InChI=1S/C15H16ClNO5S/c16-6-2-1-3-7(4-6)23-5-8-12(18)9-10(13(19)20)11(9)15(8,17)14(21)22/h1-4,8-12,18H,5,17H2,(H,19,20)(H,21,22). The van der Waals surface area contributed by atoms with Gasteiger partial charge in [-0.05, 0) is 18.2 Å². The topological polar surface area (TPSA) is 121 Å². The van der Waals surface area contributed by atoms with E-state index in [4.69, 9.17) is 22.4 Å². The van der Waals surface area contributed by atoms with Crippen LogP contribution in [0.15, 0.2) is 29.2 Å². The van der Waals surface area contributed by atoms with E-state index in [2.05, 4.69) is 0 Å². The third-order valence-electron chi connectivity index (χ3n) is 4.93. The average Bonchev–Trinajstić information content (AvgIpc) is 3.18. The minimum atomic E-state index is -1.72. The molecule has 0 saturated heterocycles. The predicted octanol–water partition coefficient (Wildman–Crippen LogP) is 1.15. The second-order valence-corrected chi connectivity index (χ2v) is 7.60. The molecule has 0 amide bonds. The number of hydrogen-bond acceptors (Lipinski definition) is 5.